The van der Waals surface area contributed by atoms with Crippen LogP contribution in [-0.2, 0) is 9.53 Å². The van der Waals surface area contributed by atoms with E-state index in [0.717, 1.165) is 18.5 Å². The predicted octanol–water partition coefficient (Wildman–Crippen LogP) is 1.73. The van der Waals surface area contributed by atoms with E-state index >= 15 is 0 Å². The highest BCUT2D eigenvalue weighted by Crippen LogP contribution is 2.23. The van der Waals surface area contributed by atoms with E-state index in [2.05, 4.69) is 5.32 Å². The summed E-state index contributed by atoms with van der Waals surface area (Å²) in [6.45, 7) is 4.71. The molecule has 0 bridgehead atoms. The third-order valence-corrected chi connectivity index (χ3v) is 3.37. The number of carbonyl (C=O) groups is 1. The lowest BCUT2D eigenvalue weighted by atomic mass is 10.0. The number of amides is 1. The molecule has 1 aromatic rings. The molecule has 4 nitrogen and oxygen atoms in total. The molecule has 5 heteroatoms. The van der Waals surface area contributed by atoms with Gasteiger partial charge in [-0.1, -0.05) is 19.1 Å². The molecule has 1 amide bonds. The normalized spacial score (nSPS) is 19.1. The summed E-state index contributed by atoms with van der Waals surface area (Å²) < 4.78 is 18.7. The molecule has 1 heterocycles. The smallest absolute Gasteiger partial charge is 0.249 e. The Bertz CT molecular complexity index is 453. The van der Waals surface area contributed by atoms with Crippen molar-refractivity contribution in [1.29, 1.82) is 0 Å². The summed E-state index contributed by atoms with van der Waals surface area (Å²) in [5.74, 6) is -0.308. The molecule has 20 heavy (non-hydrogen) atoms. The van der Waals surface area contributed by atoms with Crippen molar-refractivity contribution >= 4 is 5.91 Å². The molecular formula is C15H21FN2O2. The molecule has 1 unspecified atom stereocenters. The first-order valence-corrected chi connectivity index (χ1v) is 7.05. The Morgan fingerprint density at radius 2 is 2.40 bits per heavy atom. The second kappa shape index (κ2) is 7.36. The molecule has 1 aliphatic heterocycles. The number of carbonyl (C=O) groups excluding carboxylic acids is 1. The fourth-order valence-corrected chi connectivity index (χ4v) is 2.40. The summed E-state index contributed by atoms with van der Waals surface area (Å²) in [7, 11) is 0. The summed E-state index contributed by atoms with van der Waals surface area (Å²) in [4.78, 5) is 14.0. The van der Waals surface area contributed by atoms with Gasteiger partial charge in [-0.05, 0) is 24.1 Å². The van der Waals surface area contributed by atoms with E-state index in [4.69, 9.17) is 4.74 Å². The molecule has 1 atom stereocenters. The SMILES string of the molecule is CCCOCC(=O)N1CCNCC1c1cccc(F)c1. The maximum Gasteiger partial charge on any atom is 0.249 e. The second-order valence-electron chi connectivity index (χ2n) is 4.91. The average Bonchev–Trinajstić information content (AvgIpc) is 2.47. The van der Waals surface area contributed by atoms with E-state index in [1.165, 1.54) is 12.1 Å². The van der Waals surface area contributed by atoms with Crippen LogP contribution >= 0.6 is 0 Å². The Morgan fingerprint density at radius 3 is 3.15 bits per heavy atom. The number of nitrogens with zero attached hydrogens (tertiary/aromatic N) is 1. The minimum absolute atomic E-state index is 0.0331. The molecule has 0 saturated carbocycles. The molecular weight excluding hydrogens is 259 g/mol. The number of rotatable bonds is 5. The lowest BCUT2D eigenvalue weighted by Crippen LogP contribution is -2.49. The maximum absolute atomic E-state index is 13.4. The zero-order valence-electron chi connectivity index (χ0n) is 11.8. The van der Waals surface area contributed by atoms with Gasteiger partial charge in [0.1, 0.15) is 12.4 Å². The number of benzene rings is 1. The largest absolute Gasteiger partial charge is 0.372 e. The Morgan fingerprint density at radius 1 is 1.55 bits per heavy atom. The predicted molar refractivity (Wildman–Crippen MR) is 74.8 cm³/mol. The van der Waals surface area contributed by atoms with Crippen molar-refractivity contribution in [3.8, 4) is 0 Å². The molecule has 1 aliphatic rings. The van der Waals surface area contributed by atoms with Gasteiger partial charge >= 0.3 is 0 Å². The summed E-state index contributed by atoms with van der Waals surface area (Å²) >= 11 is 0. The summed E-state index contributed by atoms with van der Waals surface area (Å²) in [5.41, 5.74) is 0.820. The lowest BCUT2D eigenvalue weighted by molar-refractivity contribution is -0.139. The number of ether oxygens (including phenoxy) is 1. The highest BCUT2D eigenvalue weighted by Gasteiger charge is 2.27. The zero-order valence-corrected chi connectivity index (χ0v) is 11.8. The van der Waals surface area contributed by atoms with E-state index in [9.17, 15) is 9.18 Å². The van der Waals surface area contributed by atoms with Gasteiger partial charge in [-0.3, -0.25) is 4.79 Å². The summed E-state index contributed by atoms with van der Waals surface area (Å²) in [6.07, 6.45) is 0.891. The Kier molecular flexibility index (Phi) is 5.49. The molecule has 0 aromatic heterocycles. The van der Waals surface area contributed by atoms with Crippen LogP contribution < -0.4 is 5.32 Å². The fraction of sp³-hybridized carbons (Fsp3) is 0.533. The molecule has 2 rings (SSSR count). The van der Waals surface area contributed by atoms with Gasteiger partial charge in [-0.2, -0.15) is 0 Å². The van der Waals surface area contributed by atoms with Crippen LogP contribution in [0.2, 0.25) is 0 Å². The fourth-order valence-electron chi connectivity index (χ4n) is 2.40. The third kappa shape index (κ3) is 3.77. The van der Waals surface area contributed by atoms with Gasteiger partial charge in [0.05, 0.1) is 6.04 Å². The molecule has 1 N–H and O–H groups in total. The van der Waals surface area contributed by atoms with E-state index < -0.39 is 0 Å². The number of piperazine rings is 1. The maximum atomic E-state index is 13.4. The van der Waals surface area contributed by atoms with Crippen LogP contribution in [0.25, 0.3) is 0 Å². The number of halogens is 1. The van der Waals surface area contributed by atoms with Gasteiger partial charge in [0.25, 0.3) is 0 Å². The lowest BCUT2D eigenvalue weighted by Gasteiger charge is -2.36. The van der Waals surface area contributed by atoms with Crippen LogP contribution in [0.3, 0.4) is 0 Å². The quantitative estimate of drug-likeness (QED) is 0.835. The van der Waals surface area contributed by atoms with E-state index in [1.807, 2.05) is 13.0 Å². The van der Waals surface area contributed by atoms with Crippen molar-refractivity contribution in [2.75, 3.05) is 32.8 Å². The molecule has 1 fully saturated rings. The van der Waals surface area contributed by atoms with Crippen LogP contribution in [0.4, 0.5) is 4.39 Å². The highest BCUT2D eigenvalue weighted by molar-refractivity contribution is 5.78. The van der Waals surface area contributed by atoms with Crippen LogP contribution in [0.1, 0.15) is 24.9 Å². The molecule has 0 aliphatic carbocycles. The Hall–Kier alpha value is -1.46. The van der Waals surface area contributed by atoms with Crippen LogP contribution in [0.5, 0.6) is 0 Å². The van der Waals surface area contributed by atoms with Gasteiger partial charge in [0.2, 0.25) is 5.91 Å². The molecule has 1 aromatic carbocycles. The first-order chi connectivity index (χ1) is 9.72. The number of hydrogen-bond acceptors (Lipinski definition) is 3. The van der Waals surface area contributed by atoms with Gasteiger partial charge in [0.15, 0.2) is 0 Å². The van der Waals surface area contributed by atoms with E-state index in [1.54, 1.807) is 11.0 Å². The minimum atomic E-state index is -0.275. The molecule has 0 spiro atoms. The van der Waals surface area contributed by atoms with Crippen molar-refractivity contribution in [3.63, 3.8) is 0 Å². The molecule has 1 saturated heterocycles. The number of hydrogen-bond donors (Lipinski definition) is 1. The van der Waals surface area contributed by atoms with Gasteiger partial charge < -0.3 is 15.0 Å². The molecule has 0 radical (unpaired) electrons. The first-order valence-electron chi connectivity index (χ1n) is 7.05. The Labute approximate surface area is 118 Å². The summed E-state index contributed by atoms with van der Waals surface area (Å²) in [5, 5.41) is 3.25. The average molecular weight is 280 g/mol. The second-order valence-corrected chi connectivity index (χ2v) is 4.91. The van der Waals surface area contributed by atoms with E-state index in [-0.39, 0.29) is 24.4 Å². The van der Waals surface area contributed by atoms with Crippen molar-refractivity contribution in [2.45, 2.75) is 19.4 Å². The standard InChI is InChI=1S/C15H21FN2O2/c1-2-8-20-11-15(19)18-7-6-17-10-14(18)12-4-3-5-13(16)9-12/h3-5,9,14,17H,2,6-8,10-11H2,1H3. The van der Waals surface area contributed by atoms with E-state index in [0.29, 0.717) is 19.7 Å². The van der Waals surface area contributed by atoms with Crippen LogP contribution in [0.15, 0.2) is 24.3 Å². The van der Waals surface area contributed by atoms with Gasteiger partial charge in [-0.25, -0.2) is 4.39 Å². The number of nitrogens with one attached hydrogen (secondary N) is 1. The van der Waals surface area contributed by atoms with Gasteiger partial charge in [-0.15, -0.1) is 0 Å². The Balaban J connectivity index is 2.07. The topological polar surface area (TPSA) is 41.6 Å². The highest BCUT2D eigenvalue weighted by atomic mass is 19.1. The minimum Gasteiger partial charge on any atom is -0.372 e. The van der Waals surface area contributed by atoms with Crippen LogP contribution in [-0.4, -0.2) is 43.7 Å². The van der Waals surface area contributed by atoms with Crippen molar-refractivity contribution in [1.82, 2.24) is 10.2 Å². The molecule has 110 valence electrons. The zero-order chi connectivity index (χ0) is 14.4. The van der Waals surface area contributed by atoms with Crippen molar-refractivity contribution in [2.24, 2.45) is 0 Å². The van der Waals surface area contributed by atoms with Gasteiger partial charge in [0, 0.05) is 26.2 Å². The summed E-state index contributed by atoms with van der Waals surface area (Å²) in [6, 6.07) is 6.31. The van der Waals surface area contributed by atoms with Crippen molar-refractivity contribution < 1.29 is 13.9 Å². The third-order valence-electron chi connectivity index (χ3n) is 3.37. The monoisotopic (exact) mass is 280 g/mol. The first kappa shape index (κ1) is 14.9. The van der Waals surface area contributed by atoms with Crippen molar-refractivity contribution in [3.05, 3.63) is 35.6 Å². The van der Waals surface area contributed by atoms with Crippen LogP contribution in [0, 0.1) is 5.82 Å².